The number of hydrogen-bond acceptors (Lipinski definition) is 4. The summed E-state index contributed by atoms with van der Waals surface area (Å²) in [7, 11) is 0. The number of aliphatic carboxylic acids is 1. The SMILES string of the molecule is CCC(CC)(CC(=O)NC(C)c1nccs1)C(=O)O. The number of nitrogens with zero attached hydrogens (tertiary/aromatic N) is 1. The Balaban J connectivity index is 2.66. The highest BCUT2D eigenvalue weighted by molar-refractivity contribution is 7.09. The van der Waals surface area contributed by atoms with Crippen LogP contribution >= 0.6 is 11.3 Å². The van der Waals surface area contributed by atoms with Gasteiger partial charge in [0.05, 0.1) is 11.5 Å². The molecule has 1 rings (SSSR count). The van der Waals surface area contributed by atoms with E-state index < -0.39 is 11.4 Å². The Bertz CT molecular complexity index is 427. The molecule has 0 aliphatic carbocycles. The van der Waals surface area contributed by atoms with Crippen molar-refractivity contribution in [1.82, 2.24) is 10.3 Å². The van der Waals surface area contributed by atoms with Gasteiger partial charge in [0.15, 0.2) is 0 Å². The van der Waals surface area contributed by atoms with Crippen LogP contribution in [0, 0.1) is 5.41 Å². The van der Waals surface area contributed by atoms with Gasteiger partial charge in [0.2, 0.25) is 5.91 Å². The van der Waals surface area contributed by atoms with Crippen molar-refractivity contribution >= 4 is 23.2 Å². The highest BCUT2D eigenvalue weighted by atomic mass is 32.1. The third kappa shape index (κ3) is 3.76. The van der Waals surface area contributed by atoms with Crippen LogP contribution in [0.15, 0.2) is 11.6 Å². The van der Waals surface area contributed by atoms with E-state index in [1.165, 1.54) is 11.3 Å². The zero-order valence-corrected chi connectivity index (χ0v) is 12.3. The van der Waals surface area contributed by atoms with Crippen molar-refractivity contribution < 1.29 is 14.7 Å². The number of carboxylic acids is 1. The molecule has 0 radical (unpaired) electrons. The maximum Gasteiger partial charge on any atom is 0.310 e. The van der Waals surface area contributed by atoms with E-state index in [1.807, 2.05) is 12.3 Å². The predicted octanol–water partition coefficient (Wildman–Crippen LogP) is 2.60. The second kappa shape index (κ2) is 6.65. The average Bonchev–Trinajstić information content (AvgIpc) is 2.89. The van der Waals surface area contributed by atoms with Crippen LogP contribution in [0.25, 0.3) is 0 Å². The lowest BCUT2D eigenvalue weighted by Crippen LogP contribution is -2.37. The smallest absolute Gasteiger partial charge is 0.310 e. The monoisotopic (exact) mass is 284 g/mol. The first-order chi connectivity index (χ1) is 8.95. The second-order valence-corrected chi connectivity index (χ2v) is 5.56. The van der Waals surface area contributed by atoms with Crippen LogP contribution in [-0.4, -0.2) is 22.0 Å². The number of hydrogen-bond donors (Lipinski definition) is 2. The van der Waals surface area contributed by atoms with Crippen LogP contribution in [-0.2, 0) is 9.59 Å². The van der Waals surface area contributed by atoms with E-state index in [1.54, 1.807) is 20.0 Å². The Morgan fingerprint density at radius 2 is 2.11 bits per heavy atom. The molecular weight excluding hydrogens is 264 g/mol. The van der Waals surface area contributed by atoms with E-state index in [9.17, 15) is 14.7 Å². The lowest BCUT2D eigenvalue weighted by atomic mass is 9.79. The standard InChI is InChI=1S/C13H20N2O3S/c1-4-13(5-2,12(17)18)8-10(16)15-9(3)11-14-6-7-19-11/h6-7,9H,4-5,8H2,1-3H3,(H,15,16)(H,17,18). The molecule has 0 aliphatic rings. The highest BCUT2D eigenvalue weighted by Gasteiger charge is 2.37. The fraction of sp³-hybridized carbons (Fsp3) is 0.615. The predicted molar refractivity (Wildman–Crippen MR) is 73.9 cm³/mol. The first-order valence-electron chi connectivity index (χ1n) is 6.37. The normalized spacial score (nSPS) is 13.0. The number of rotatable bonds is 7. The largest absolute Gasteiger partial charge is 0.481 e. The number of amides is 1. The molecule has 5 nitrogen and oxygen atoms in total. The van der Waals surface area contributed by atoms with Gasteiger partial charge in [-0.15, -0.1) is 11.3 Å². The fourth-order valence-corrected chi connectivity index (χ4v) is 2.63. The Labute approximate surface area is 117 Å². The number of thiazole rings is 1. The Hall–Kier alpha value is -1.43. The van der Waals surface area contributed by atoms with Gasteiger partial charge >= 0.3 is 5.97 Å². The number of carbonyl (C=O) groups is 2. The van der Waals surface area contributed by atoms with Gasteiger partial charge in [0.25, 0.3) is 0 Å². The van der Waals surface area contributed by atoms with Crippen molar-refractivity contribution in [3.05, 3.63) is 16.6 Å². The van der Waals surface area contributed by atoms with Gasteiger partial charge in [0, 0.05) is 18.0 Å². The van der Waals surface area contributed by atoms with Crippen molar-refractivity contribution in [3.63, 3.8) is 0 Å². The molecule has 1 amide bonds. The lowest BCUT2D eigenvalue weighted by molar-refractivity contribution is -0.152. The van der Waals surface area contributed by atoms with Crippen LogP contribution in [0.1, 0.15) is 51.1 Å². The summed E-state index contributed by atoms with van der Waals surface area (Å²) in [5.41, 5.74) is -0.966. The zero-order chi connectivity index (χ0) is 14.5. The number of carbonyl (C=O) groups excluding carboxylic acids is 1. The molecule has 6 heteroatoms. The second-order valence-electron chi connectivity index (χ2n) is 4.63. The molecule has 0 saturated heterocycles. The van der Waals surface area contributed by atoms with Crippen LogP contribution in [0.5, 0.6) is 0 Å². The summed E-state index contributed by atoms with van der Waals surface area (Å²) >= 11 is 1.47. The van der Waals surface area contributed by atoms with E-state index in [0.29, 0.717) is 12.8 Å². The minimum Gasteiger partial charge on any atom is -0.481 e. The average molecular weight is 284 g/mol. The van der Waals surface area contributed by atoms with Crippen molar-refractivity contribution in [2.45, 2.75) is 46.1 Å². The van der Waals surface area contributed by atoms with Crippen molar-refractivity contribution in [2.24, 2.45) is 5.41 Å². The van der Waals surface area contributed by atoms with Crippen molar-refractivity contribution in [2.75, 3.05) is 0 Å². The Morgan fingerprint density at radius 1 is 1.47 bits per heavy atom. The molecule has 2 N–H and O–H groups in total. The zero-order valence-electron chi connectivity index (χ0n) is 11.5. The molecule has 1 heterocycles. The minimum atomic E-state index is -0.966. The summed E-state index contributed by atoms with van der Waals surface area (Å²) in [6, 6.07) is -0.187. The quantitative estimate of drug-likeness (QED) is 0.806. The minimum absolute atomic E-state index is 0.00501. The van der Waals surface area contributed by atoms with E-state index >= 15 is 0 Å². The molecule has 0 bridgehead atoms. The molecular formula is C13H20N2O3S. The van der Waals surface area contributed by atoms with E-state index in [-0.39, 0.29) is 18.4 Å². The van der Waals surface area contributed by atoms with Gasteiger partial charge in [-0.05, 0) is 19.8 Å². The van der Waals surface area contributed by atoms with Crippen molar-refractivity contribution in [3.8, 4) is 0 Å². The molecule has 19 heavy (non-hydrogen) atoms. The van der Waals surface area contributed by atoms with E-state index in [4.69, 9.17) is 0 Å². The van der Waals surface area contributed by atoms with Gasteiger partial charge in [0.1, 0.15) is 5.01 Å². The first kappa shape index (κ1) is 15.6. The maximum atomic E-state index is 12.0. The molecule has 1 aromatic rings. The molecule has 0 saturated carbocycles. The summed E-state index contributed by atoms with van der Waals surface area (Å²) in [5.74, 6) is -1.15. The fourth-order valence-electron chi connectivity index (χ4n) is 1.99. The molecule has 0 fully saturated rings. The summed E-state index contributed by atoms with van der Waals surface area (Å²) in [4.78, 5) is 27.5. The molecule has 1 unspecified atom stereocenters. The molecule has 1 atom stereocenters. The molecule has 0 aliphatic heterocycles. The number of aromatic nitrogens is 1. The molecule has 0 aromatic carbocycles. The van der Waals surface area contributed by atoms with Crippen LogP contribution < -0.4 is 5.32 Å². The third-order valence-electron chi connectivity index (χ3n) is 3.51. The maximum absolute atomic E-state index is 12.0. The van der Waals surface area contributed by atoms with Gasteiger partial charge in [-0.1, -0.05) is 13.8 Å². The van der Waals surface area contributed by atoms with E-state index in [0.717, 1.165) is 5.01 Å². The summed E-state index contributed by atoms with van der Waals surface area (Å²) in [6.45, 7) is 5.45. The van der Waals surface area contributed by atoms with Gasteiger partial charge in [-0.3, -0.25) is 9.59 Å². The topological polar surface area (TPSA) is 79.3 Å². The van der Waals surface area contributed by atoms with Gasteiger partial charge < -0.3 is 10.4 Å². The van der Waals surface area contributed by atoms with Crippen molar-refractivity contribution in [1.29, 1.82) is 0 Å². The molecule has 106 valence electrons. The third-order valence-corrected chi connectivity index (χ3v) is 4.46. The van der Waals surface area contributed by atoms with Gasteiger partial charge in [-0.2, -0.15) is 0 Å². The van der Waals surface area contributed by atoms with E-state index in [2.05, 4.69) is 10.3 Å². The highest BCUT2D eigenvalue weighted by Crippen LogP contribution is 2.31. The number of nitrogens with one attached hydrogen (secondary N) is 1. The van der Waals surface area contributed by atoms with Crippen LogP contribution in [0.4, 0.5) is 0 Å². The van der Waals surface area contributed by atoms with Gasteiger partial charge in [-0.25, -0.2) is 4.98 Å². The summed E-state index contributed by atoms with van der Waals surface area (Å²) in [6.07, 6.45) is 2.57. The number of carboxylic acid groups (broad SMARTS) is 1. The summed E-state index contributed by atoms with van der Waals surface area (Å²) in [5, 5.41) is 14.8. The van der Waals surface area contributed by atoms with Crippen LogP contribution in [0.2, 0.25) is 0 Å². The molecule has 1 aromatic heterocycles. The Kier molecular flexibility index (Phi) is 5.47. The van der Waals surface area contributed by atoms with Crippen LogP contribution in [0.3, 0.4) is 0 Å². The lowest BCUT2D eigenvalue weighted by Gasteiger charge is -2.26. The molecule has 0 spiro atoms. The first-order valence-corrected chi connectivity index (χ1v) is 7.25. The Morgan fingerprint density at radius 3 is 2.53 bits per heavy atom. The summed E-state index contributed by atoms with van der Waals surface area (Å²) < 4.78 is 0.